The molecule has 26 heavy (non-hydrogen) atoms. The summed E-state index contributed by atoms with van der Waals surface area (Å²) in [7, 11) is 0. The predicted octanol–water partition coefficient (Wildman–Crippen LogP) is 5.13. The Morgan fingerprint density at radius 3 is 2.35 bits per heavy atom. The second kappa shape index (κ2) is 10.2. The fourth-order valence-electron chi connectivity index (χ4n) is 2.15. The summed E-state index contributed by atoms with van der Waals surface area (Å²) in [5.41, 5.74) is 1.89. The Labute approximate surface area is 163 Å². The van der Waals surface area contributed by atoms with E-state index in [1.165, 1.54) is 17.3 Å². The van der Waals surface area contributed by atoms with Gasteiger partial charge in [0, 0.05) is 21.4 Å². The maximum absolute atomic E-state index is 11.9. The van der Waals surface area contributed by atoms with E-state index in [9.17, 15) is 9.59 Å². The molecule has 0 heterocycles. The first-order valence-corrected chi connectivity index (χ1v) is 9.74. The fourth-order valence-corrected chi connectivity index (χ4v) is 3.11. The van der Waals surface area contributed by atoms with Crippen LogP contribution in [0.4, 0.5) is 5.69 Å². The Morgan fingerprint density at radius 1 is 1.08 bits per heavy atom. The fraction of sp³-hybridized carbons (Fsp3) is 0.300. The van der Waals surface area contributed by atoms with Crippen LogP contribution in [0.5, 0.6) is 0 Å². The van der Waals surface area contributed by atoms with Crippen LogP contribution in [-0.2, 0) is 14.3 Å². The molecule has 0 saturated heterocycles. The van der Waals surface area contributed by atoms with Gasteiger partial charge in [-0.05, 0) is 47.9 Å². The lowest BCUT2D eigenvalue weighted by Gasteiger charge is -2.09. The molecule has 2 aromatic rings. The van der Waals surface area contributed by atoms with Gasteiger partial charge >= 0.3 is 5.97 Å². The molecule has 0 aliphatic carbocycles. The summed E-state index contributed by atoms with van der Waals surface area (Å²) in [4.78, 5) is 24.6. The van der Waals surface area contributed by atoms with E-state index in [1.54, 1.807) is 12.1 Å². The van der Waals surface area contributed by atoms with Crippen molar-refractivity contribution in [2.24, 2.45) is 0 Å². The van der Waals surface area contributed by atoms with Crippen molar-refractivity contribution in [1.82, 2.24) is 0 Å². The van der Waals surface area contributed by atoms with E-state index in [-0.39, 0.29) is 18.9 Å². The summed E-state index contributed by atoms with van der Waals surface area (Å²) in [6.07, 6.45) is 0.240. The average Bonchev–Trinajstić information content (AvgIpc) is 2.62. The van der Waals surface area contributed by atoms with Crippen molar-refractivity contribution < 1.29 is 14.3 Å². The summed E-state index contributed by atoms with van der Waals surface area (Å²) in [5, 5.41) is 3.40. The van der Waals surface area contributed by atoms with Crippen molar-refractivity contribution >= 4 is 40.9 Å². The molecule has 1 N–H and O–H groups in total. The third kappa shape index (κ3) is 7.10. The number of esters is 1. The second-order valence-corrected chi connectivity index (χ2v) is 7.64. The molecule has 0 radical (unpaired) electrons. The number of ether oxygens (including phenoxy) is 1. The van der Waals surface area contributed by atoms with Gasteiger partial charge < -0.3 is 10.1 Å². The minimum atomic E-state index is -0.392. The molecule has 0 bridgehead atoms. The van der Waals surface area contributed by atoms with E-state index in [0.717, 1.165) is 4.90 Å². The first-order valence-electron chi connectivity index (χ1n) is 8.38. The van der Waals surface area contributed by atoms with Crippen LogP contribution < -0.4 is 5.32 Å². The van der Waals surface area contributed by atoms with Gasteiger partial charge in [0.1, 0.15) is 0 Å². The zero-order valence-corrected chi connectivity index (χ0v) is 16.4. The number of amides is 1. The van der Waals surface area contributed by atoms with Crippen LogP contribution >= 0.6 is 23.4 Å². The van der Waals surface area contributed by atoms with Crippen LogP contribution in [0.25, 0.3) is 0 Å². The third-order valence-electron chi connectivity index (χ3n) is 3.61. The van der Waals surface area contributed by atoms with Gasteiger partial charge in [0.25, 0.3) is 5.91 Å². The molecule has 0 aliphatic rings. The van der Waals surface area contributed by atoms with Gasteiger partial charge in [-0.2, -0.15) is 0 Å². The molecule has 0 unspecified atom stereocenters. The summed E-state index contributed by atoms with van der Waals surface area (Å²) in [6.45, 7) is 3.94. The maximum Gasteiger partial charge on any atom is 0.307 e. The molecule has 2 aromatic carbocycles. The van der Waals surface area contributed by atoms with Gasteiger partial charge in [0.05, 0.1) is 6.42 Å². The van der Waals surface area contributed by atoms with E-state index in [2.05, 4.69) is 19.2 Å². The molecule has 0 fully saturated rings. The molecule has 0 saturated carbocycles. The summed E-state index contributed by atoms with van der Waals surface area (Å²) >= 11 is 7.36. The molecule has 0 atom stereocenters. The summed E-state index contributed by atoms with van der Waals surface area (Å²) < 4.78 is 5.01. The number of nitrogens with one attached hydrogen (secondary N) is 1. The van der Waals surface area contributed by atoms with Crippen LogP contribution in [0.3, 0.4) is 0 Å². The number of rotatable bonds is 8. The molecule has 0 spiro atoms. The Kier molecular flexibility index (Phi) is 8.01. The number of carbonyl (C=O) groups excluding carboxylic acids is 2. The van der Waals surface area contributed by atoms with E-state index >= 15 is 0 Å². The van der Waals surface area contributed by atoms with E-state index in [0.29, 0.717) is 22.4 Å². The first kappa shape index (κ1) is 20.3. The number of hydrogen-bond donors (Lipinski definition) is 1. The van der Waals surface area contributed by atoms with Crippen LogP contribution in [-0.4, -0.2) is 24.2 Å². The number of benzene rings is 2. The molecular formula is C20H22ClNO3S. The molecule has 6 heteroatoms. The molecule has 0 aromatic heterocycles. The Balaban J connectivity index is 1.66. The zero-order chi connectivity index (χ0) is 18.9. The normalized spacial score (nSPS) is 10.6. The van der Waals surface area contributed by atoms with Gasteiger partial charge in [0.15, 0.2) is 6.61 Å². The number of carbonyl (C=O) groups is 2. The molecule has 138 valence electrons. The van der Waals surface area contributed by atoms with Crippen LogP contribution in [0.2, 0.25) is 5.02 Å². The highest BCUT2D eigenvalue weighted by molar-refractivity contribution is 7.99. The largest absolute Gasteiger partial charge is 0.456 e. The Bertz CT molecular complexity index is 730. The summed E-state index contributed by atoms with van der Waals surface area (Å²) in [6, 6.07) is 15.0. The van der Waals surface area contributed by atoms with E-state index in [4.69, 9.17) is 16.3 Å². The number of halogens is 1. The predicted molar refractivity (Wildman–Crippen MR) is 107 cm³/mol. The van der Waals surface area contributed by atoms with Crippen molar-refractivity contribution in [3.63, 3.8) is 0 Å². The van der Waals surface area contributed by atoms with Gasteiger partial charge in [-0.1, -0.05) is 37.6 Å². The molecule has 4 nitrogen and oxygen atoms in total. The maximum atomic E-state index is 11.9. The number of anilines is 1. The van der Waals surface area contributed by atoms with Gasteiger partial charge in [-0.25, -0.2) is 0 Å². The second-order valence-electron chi connectivity index (χ2n) is 6.04. The van der Waals surface area contributed by atoms with Crippen LogP contribution in [0.1, 0.15) is 31.7 Å². The highest BCUT2D eigenvalue weighted by Crippen LogP contribution is 2.21. The van der Waals surface area contributed by atoms with Gasteiger partial charge in [-0.3, -0.25) is 9.59 Å². The van der Waals surface area contributed by atoms with Gasteiger partial charge in [0.2, 0.25) is 0 Å². The lowest BCUT2D eigenvalue weighted by Crippen LogP contribution is -2.21. The van der Waals surface area contributed by atoms with Crippen molar-refractivity contribution in [1.29, 1.82) is 0 Å². The lowest BCUT2D eigenvalue weighted by molar-refractivity contribution is -0.146. The van der Waals surface area contributed by atoms with E-state index in [1.807, 2.05) is 36.4 Å². The van der Waals surface area contributed by atoms with Crippen LogP contribution in [0, 0.1) is 0 Å². The van der Waals surface area contributed by atoms with Crippen molar-refractivity contribution in [2.45, 2.75) is 31.1 Å². The first-order chi connectivity index (χ1) is 12.4. The SMILES string of the molecule is CC(C)c1ccc(NC(=O)COC(=O)CCSc2ccc(Cl)cc2)cc1. The average molecular weight is 392 g/mol. The molecule has 0 aliphatic heterocycles. The minimum Gasteiger partial charge on any atom is -0.456 e. The molecular weight excluding hydrogens is 370 g/mol. The minimum absolute atomic E-state index is 0.240. The highest BCUT2D eigenvalue weighted by atomic mass is 35.5. The topological polar surface area (TPSA) is 55.4 Å². The number of thioether (sulfide) groups is 1. The van der Waals surface area contributed by atoms with Gasteiger partial charge in [-0.15, -0.1) is 11.8 Å². The van der Waals surface area contributed by atoms with Crippen LogP contribution in [0.15, 0.2) is 53.4 Å². The number of hydrogen-bond acceptors (Lipinski definition) is 4. The molecule has 2 rings (SSSR count). The zero-order valence-electron chi connectivity index (χ0n) is 14.8. The third-order valence-corrected chi connectivity index (χ3v) is 4.88. The monoisotopic (exact) mass is 391 g/mol. The summed E-state index contributed by atoms with van der Waals surface area (Å²) in [5.74, 6) is 0.280. The lowest BCUT2D eigenvalue weighted by atomic mass is 10.0. The van der Waals surface area contributed by atoms with Crippen molar-refractivity contribution in [2.75, 3.05) is 17.7 Å². The Hall–Kier alpha value is -1.98. The van der Waals surface area contributed by atoms with E-state index < -0.39 is 5.97 Å². The van der Waals surface area contributed by atoms with Crippen molar-refractivity contribution in [3.8, 4) is 0 Å². The smallest absolute Gasteiger partial charge is 0.307 e. The molecule has 1 amide bonds. The highest BCUT2D eigenvalue weighted by Gasteiger charge is 2.09. The van der Waals surface area contributed by atoms with Crippen molar-refractivity contribution in [3.05, 3.63) is 59.1 Å². The Morgan fingerprint density at radius 2 is 1.73 bits per heavy atom. The quantitative estimate of drug-likeness (QED) is 0.500. The standard InChI is InChI=1S/C20H22ClNO3S/c1-14(2)15-3-7-17(8-4-15)22-19(23)13-25-20(24)11-12-26-18-9-5-16(21)6-10-18/h3-10,14H,11-13H2,1-2H3,(H,22,23).